The molecule has 2 aromatic rings. The largest absolute Gasteiger partial charge is 0.319 e. The van der Waals surface area contributed by atoms with E-state index >= 15 is 0 Å². The molecule has 3 heteroatoms. The van der Waals surface area contributed by atoms with Gasteiger partial charge < -0.3 is 5.32 Å². The maximum atomic E-state index is 4.19. The lowest BCUT2D eigenvalue weighted by Gasteiger charge is -2.06. The fourth-order valence-corrected chi connectivity index (χ4v) is 2.74. The molecule has 1 aromatic heterocycles. The van der Waals surface area contributed by atoms with Gasteiger partial charge in [-0.2, -0.15) is 5.10 Å². The Kier molecular flexibility index (Phi) is 3.15. The Morgan fingerprint density at radius 3 is 3.06 bits per heavy atom. The number of aromatic amines is 1. The number of fused-ring (bicyclic) bond motifs is 1. The molecule has 0 bridgehead atoms. The first-order valence-corrected chi connectivity index (χ1v) is 6.67. The number of rotatable bonds is 4. The van der Waals surface area contributed by atoms with Crippen LogP contribution in [-0.2, 0) is 19.3 Å². The second-order valence-electron chi connectivity index (χ2n) is 4.95. The van der Waals surface area contributed by atoms with Crippen molar-refractivity contribution in [3.63, 3.8) is 0 Å². The van der Waals surface area contributed by atoms with Crippen LogP contribution in [0.4, 0.5) is 0 Å². The summed E-state index contributed by atoms with van der Waals surface area (Å²) in [7, 11) is 1.98. The van der Waals surface area contributed by atoms with E-state index in [2.05, 4.69) is 33.7 Å². The third-order valence-electron chi connectivity index (χ3n) is 3.75. The van der Waals surface area contributed by atoms with Gasteiger partial charge in [0.15, 0.2) is 0 Å². The van der Waals surface area contributed by atoms with Crippen molar-refractivity contribution in [2.45, 2.75) is 25.7 Å². The molecule has 18 heavy (non-hydrogen) atoms. The molecule has 3 rings (SSSR count). The maximum Gasteiger partial charge on any atom is 0.0568 e. The highest BCUT2D eigenvalue weighted by Crippen LogP contribution is 2.29. The zero-order chi connectivity index (χ0) is 12.4. The number of aryl methyl sites for hydroxylation is 2. The van der Waals surface area contributed by atoms with E-state index < -0.39 is 0 Å². The highest BCUT2D eigenvalue weighted by atomic mass is 15.1. The molecule has 0 fully saturated rings. The van der Waals surface area contributed by atoms with Crippen molar-refractivity contribution < 1.29 is 0 Å². The zero-order valence-electron chi connectivity index (χ0n) is 10.8. The van der Waals surface area contributed by atoms with Gasteiger partial charge >= 0.3 is 0 Å². The molecule has 3 nitrogen and oxygen atoms in total. The first kappa shape index (κ1) is 11.5. The molecule has 0 saturated heterocycles. The molecule has 1 heterocycles. The third-order valence-corrected chi connectivity index (χ3v) is 3.75. The number of benzene rings is 1. The van der Waals surface area contributed by atoms with Crippen LogP contribution in [0.25, 0.3) is 11.1 Å². The van der Waals surface area contributed by atoms with Gasteiger partial charge in [0.2, 0.25) is 0 Å². The minimum atomic E-state index is 0.972. The average Bonchev–Trinajstić information content (AvgIpc) is 3.03. The van der Waals surface area contributed by atoms with E-state index in [0.717, 1.165) is 13.0 Å². The summed E-state index contributed by atoms with van der Waals surface area (Å²) in [4.78, 5) is 0. The van der Waals surface area contributed by atoms with Gasteiger partial charge in [-0.25, -0.2) is 0 Å². The number of H-pyrrole nitrogens is 1. The number of hydrogen-bond acceptors (Lipinski definition) is 2. The van der Waals surface area contributed by atoms with E-state index in [4.69, 9.17) is 0 Å². The van der Waals surface area contributed by atoms with Gasteiger partial charge in [0.1, 0.15) is 0 Å². The molecule has 0 saturated carbocycles. The van der Waals surface area contributed by atoms with E-state index in [1.54, 1.807) is 0 Å². The second kappa shape index (κ2) is 4.94. The standard InChI is InChI=1S/C15H19N3/c1-16-8-7-15-14(10-17-18-15)13-6-5-11-3-2-4-12(11)9-13/h5-6,9-10,16H,2-4,7-8H2,1H3,(H,17,18). The summed E-state index contributed by atoms with van der Waals surface area (Å²) in [6.07, 6.45) is 6.71. The van der Waals surface area contributed by atoms with Crippen LogP contribution in [0.15, 0.2) is 24.4 Å². The summed E-state index contributed by atoms with van der Waals surface area (Å²) in [6.45, 7) is 0.972. The van der Waals surface area contributed by atoms with Crippen LogP contribution in [0.1, 0.15) is 23.2 Å². The molecular weight excluding hydrogens is 222 g/mol. The lowest BCUT2D eigenvalue weighted by atomic mass is 10.00. The van der Waals surface area contributed by atoms with Crippen molar-refractivity contribution in [2.75, 3.05) is 13.6 Å². The van der Waals surface area contributed by atoms with E-state index in [0.29, 0.717) is 0 Å². The molecule has 0 radical (unpaired) electrons. The van der Waals surface area contributed by atoms with Gasteiger partial charge in [-0.3, -0.25) is 5.10 Å². The van der Waals surface area contributed by atoms with Crippen LogP contribution in [0.2, 0.25) is 0 Å². The van der Waals surface area contributed by atoms with E-state index in [1.807, 2.05) is 13.2 Å². The molecule has 0 spiro atoms. The molecule has 0 unspecified atom stereocenters. The zero-order valence-corrected chi connectivity index (χ0v) is 10.8. The molecule has 1 aliphatic rings. The van der Waals surface area contributed by atoms with Crippen molar-refractivity contribution in [2.24, 2.45) is 0 Å². The van der Waals surface area contributed by atoms with Crippen LogP contribution in [-0.4, -0.2) is 23.8 Å². The number of aromatic nitrogens is 2. The number of likely N-dealkylation sites (N-methyl/N-ethyl adjacent to an activating group) is 1. The molecule has 0 atom stereocenters. The Morgan fingerprint density at radius 2 is 2.17 bits per heavy atom. The monoisotopic (exact) mass is 241 g/mol. The topological polar surface area (TPSA) is 40.7 Å². The van der Waals surface area contributed by atoms with E-state index in [9.17, 15) is 0 Å². The van der Waals surface area contributed by atoms with Crippen molar-refractivity contribution in [3.8, 4) is 11.1 Å². The second-order valence-corrected chi connectivity index (χ2v) is 4.95. The minimum absolute atomic E-state index is 0.972. The summed E-state index contributed by atoms with van der Waals surface area (Å²) in [6, 6.07) is 6.86. The molecule has 1 aliphatic carbocycles. The molecular formula is C15H19N3. The number of nitrogens with one attached hydrogen (secondary N) is 2. The van der Waals surface area contributed by atoms with Crippen molar-refractivity contribution >= 4 is 0 Å². The van der Waals surface area contributed by atoms with Crippen LogP contribution in [0.3, 0.4) is 0 Å². The lowest BCUT2D eigenvalue weighted by Crippen LogP contribution is -2.11. The Morgan fingerprint density at radius 1 is 1.28 bits per heavy atom. The Balaban J connectivity index is 1.92. The molecule has 0 aliphatic heterocycles. The van der Waals surface area contributed by atoms with Gasteiger partial charge in [0.05, 0.1) is 6.20 Å². The first-order valence-electron chi connectivity index (χ1n) is 6.67. The van der Waals surface area contributed by atoms with Crippen LogP contribution < -0.4 is 5.32 Å². The summed E-state index contributed by atoms with van der Waals surface area (Å²) in [5.41, 5.74) is 6.82. The molecule has 2 N–H and O–H groups in total. The Labute approximate surface area is 108 Å². The predicted octanol–water partition coefficient (Wildman–Crippen LogP) is 2.33. The maximum absolute atomic E-state index is 4.19. The van der Waals surface area contributed by atoms with E-state index in [1.165, 1.54) is 47.2 Å². The minimum Gasteiger partial charge on any atom is -0.319 e. The number of hydrogen-bond donors (Lipinski definition) is 2. The van der Waals surface area contributed by atoms with E-state index in [-0.39, 0.29) is 0 Å². The average molecular weight is 241 g/mol. The van der Waals surface area contributed by atoms with Gasteiger partial charge in [-0.05, 0) is 43.0 Å². The molecule has 1 aromatic carbocycles. The molecule has 0 amide bonds. The molecule has 94 valence electrons. The lowest BCUT2D eigenvalue weighted by molar-refractivity contribution is 0.773. The quantitative estimate of drug-likeness (QED) is 0.862. The SMILES string of the molecule is CNCCc1[nH]ncc1-c1ccc2c(c1)CCC2. The normalized spacial score (nSPS) is 13.8. The fraction of sp³-hybridized carbons (Fsp3) is 0.400. The van der Waals surface area contributed by atoms with Crippen molar-refractivity contribution in [3.05, 3.63) is 41.2 Å². The summed E-state index contributed by atoms with van der Waals surface area (Å²) in [5.74, 6) is 0. The van der Waals surface area contributed by atoms with Crippen molar-refractivity contribution in [1.82, 2.24) is 15.5 Å². The predicted molar refractivity (Wildman–Crippen MR) is 73.7 cm³/mol. The Hall–Kier alpha value is -1.61. The summed E-state index contributed by atoms with van der Waals surface area (Å²) in [5, 5.41) is 10.5. The fourth-order valence-electron chi connectivity index (χ4n) is 2.74. The highest BCUT2D eigenvalue weighted by molar-refractivity contribution is 5.67. The van der Waals surface area contributed by atoms with Gasteiger partial charge in [0.25, 0.3) is 0 Å². The number of nitrogens with zero attached hydrogens (tertiary/aromatic N) is 1. The third kappa shape index (κ3) is 2.06. The summed E-state index contributed by atoms with van der Waals surface area (Å²) >= 11 is 0. The van der Waals surface area contributed by atoms with Gasteiger partial charge in [0, 0.05) is 24.2 Å². The van der Waals surface area contributed by atoms with Crippen LogP contribution in [0.5, 0.6) is 0 Å². The Bertz CT molecular complexity index is 542. The highest BCUT2D eigenvalue weighted by Gasteiger charge is 2.13. The first-order chi connectivity index (χ1) is 8.88. The van der Waals surface area contributed by atoms with Crippen molar-refractivity contribution in [1.29, 1.82) is 0 Å². The van der Waals surface area contributed by atoms with Crippen LogP contribution in [0, 0.1) is 0 Å². The smallest absolute Gasteiger partial charge is 0.0568 e. The van der Waals surface area contributed by atoms with Crippen LogP contribution >= 0.6 is 0 Å². The van der Waals surface area contributed by atoms with Gasteiger partial charge in [-0.15, -0.1) is 0 Å². The summed E-state index contributed by atoms with van der Waals surface area (Å²) < 4.78 is 0. The van der Waals surface area contributed by atoms with Gasteiger partial charge in [-0.1, -0.05) is 18.2 Å².